The number of methoxy groups -OCH3 is 1. The maximum atomic E-state index is 11.9. The molecular weight excluding hydrogens is 226 g/mol. The first-order chi connectivity index (χ1) is 8.36. The van der Waals surface area contributed by atoms with Crippen molar-refractivity contribution < 1.29 is 9.53 Å². The fraction of sp³-hybridized carbons (Fsp3) is 0.533. The average Bonchev–Trinajstić information content (AvgIpc) is 2.30. The van der Waals surface area contributed by atoms with Gasteiger partial charge in [0.05, 0.1) is 7.11 Å². The van der Waals surface area contributed by atoms with E-state index in [0.717, 1.165) is 11.1 Å². The van der Waals surface area contributed by atoms with Gasteiger partial charge in [0.15, 0.2) is 0 Å². The number of hydrogen-bond donors (Lipinski definition) is 1. The van der Waals surface area contributed by atoms with Gasteiger partial charge in [0.25, 0.3) is 0 Å². The summed E-state index contributed by atoms with van der Waals surface area (Å²) in [6.07, 6.45) is 0. The number of aryl methyl sites for hydroxylation is 3. The number of benzene rings is 1. The molecule has 0 bridgehead atoms. The van der Waals surface area contributed by atoms with Crippen molar-refractivity contribution in [3.63, 3.8) is 0 Å². The third-order valence-corrected chi connectivity index (χ3v) is 3.13. The summed E-state index contributed by atoms with van der Waals surface area (Å²) >= 11 is 0. The third-order valence-electron chi connectivity index (χ3n) is 3.13. The Kier molecular flexibility index (Phi) is 4.91. The van der Waals surface area contributed by atoms with E-state index in [1.807, 2.05) is 20.8 Å². The molecule has 0 radical (unpaired) electrons. The van der Waals surface area contributed by atoms with Crippen LogP contribution in [0.15, 0.2) is 12.1 Å². The van der Waals surface area contributed by atoms with Crippen molar-refractivity contribution in [3.8, 4) is 0 Å². The number of carbonyl (C=O) groups excluding carboxylic acids is 1. The fourth-order valence-electron chi connectivity index (χ4n) is 2.03. The average molecular weight is 249 g/mol. The maximum Gasteiger partial charge on any atom is 0.327 e. The molecular formula is C15H23NO2. The van der Waals surface area contributed by atoms with Crippen molar-refractivity contribution in [3.05, 3.63) is 34.4 Å². The predicted molar refractivity (Wildman–Crippen MR) is 73.7 cm³/mol. The number of esters is 1. The molecule has 3 heteroatoms. The van der Waals surface area contributed by atoms with E-state index in [1.54, 1.807) is 0 Å². The molecule has 100 valence electrons. The molecule has 0 saturated heterocycles. The van der Waals surface area contributed by atoms with Gasteiger partial charge in [-0.05, 0) is 56.9 Å². The van der Waals surface area contributed by atoms with E-state index in [9.17, 15) is 4.79 Å². The Labute approximate surface area is 110 Å². The lowest BCUT2D eigenvalue weighted by atomic mass is 9.95. The lowest BCUT2D eigenvalue weighted by Crippen LogP contribution is -2.35. The van der Waals surface area contributed by atoms with Crippen LogP contribution in [-0.4, -0.2) is 19.1 Å². The quantitative estimate of drug-likeness (QED) is 0.834. The van der Waals surface area contributed by atoms with Crippen LogP contribution in [0.3, 0.4) is 0 Å². The standard InChI is InChI=1S/C15H23NO2/c1-9(2)16-14(15(17)18-6)13-8-11(4)10(3)7-12(13)5/h7-9,14,16H,1-6H3. The number of hydrogen-bond acceptors (Lipinski definition) is 3. The first kappa shape index (κ1) is 14.7. The summed E-state index contributed by atoms with van der Waals surface area (Å²) in [5.74, 6) is -0.241. The highest BCUT2D eigenvalue weighted by molar-refractivity contribution is 5.78. The minimum absolute atomic E-state index is 0.218. The minimum atomic E-state index is -0.394. The minimum Gasteiger partial charge on any atom is -0.468 e. The van der Waals surface area contributed by atoms with Crippen LogP contribution in [0, 0.1) is 20.8 Å². The zero-order valence-corrected chi connectivity index (χ0v) is 12.1. The molecule has 3 nitrogen and oxygen atoms in total. The van der Waals surface area contributed by atoms with Crippen molar-refractivity contribution >= 4 is 5.97 Å². The molecule has 1 unspecified atom stereocenters. The zero-order chi connectivity index (χ0) is 13.9. The molecule has 1 N–H and O–H groups in total. The van der Waals surface area contributed by atoms with Gasteiger partial charge in [-0.15, -0.1) is 0 Å². The van der Waals surface area contributed by atoms with Crippen LogP contribution < -0.4 is 5.32 Å². The highest BCUT2D eigenvalue weighted by Gasteiger charge is 2.23. The summed E-state index contributed by atoms with van der Waals surface area (Å²) in [4.78, 5) is 11.9. The van der Waals surface area contributed by atoms with Crippen LogP contribution in [0.25, 0.3) is 0 Å². The Bertz CT molecular complexity index is 438. The third kappa shape index (κ3) is 3.33. The van der Waals surface area contributed by atoms with Gasteiger partial charge in [0.2, 0.25) is 0 Å². The lowest BCUT2D eigenvalue weighted by molar-refractivity contribution is -0.143. The van der Waals surface area contributed by atoms with Crippen molar-refractivity contribution in [2.24, 2.45) is 0 Å². The van der Waals surface area contributed by atoms with Crippen LogP contribution in [0.5, 0.6) is 0 Å². The van der Waals surface area contributed by atoms with Crippen molar-refractivity contribution in [2.75, 3.05) is 7.11 Å². The van der Waals surface area contributed by atoms with E-state index >= 15 is 0 Å². The summed E-state index contributed by atoms with van der Waals surface area (Å²) < 4.78 is 4.89. The van der Waals surface area contributed by atoms with E-state index in [0.29, 0.717) is 0 Å². The van der Waals surface area contributed by atoms with Gasteiger partial charge in [-0.3, -0.25) is 5.32 Å². The second kappa shape index (κ2) is 6.01. The van der Waals surface area contributed by atoms with Gasteiger partial charge < -0.3 is 4.74 Å². The molecule has 0 aliphatic heterocycles. The second-order valence-corrected chi connectivity index (χ2v) is 5.07. The first-order valence-corrected chi connectivity index (χ1v) is 6.28. The monoisotopic (exact) mass is 249 g/mol. The summed E-state index contributed by atoms with van der Waals surface area (Å²) in [7, 11) is 1.42. The normalized spacial score (nSPS) is 12.6. The van der Waals surface area contributed by atoms with E-state index < -0.39 is 6.04 Å². The maximum absolute atomic E-state index is 11.9. The number of ether oxygens (including phenoxy) is 1. The topological polar surface area (TPSA) is 38.3 Å². The lowest BCUT2D eigenvalue weighted by Gasteiger charge is -2.22. The highest BCUT2D eigenvalue weighted by Crippen LogP contribution is 2.23. The largest absolute Gasteiger partial charge is 0.468 e. The summed E-state index contributed by atoms with van der Waals surface area (Å²) in [5, 5.41) is 3.26. The van der Waals surface area contributed by atoms with Crippen LogP contribution in [0.2, 0.25) is 0 Å². The van der Waals surface area contributed by atoms with Crippen LogP contribution in [-0.2, 0) is 9.53 Å². The Morgan fingerprint density at radius 1 is 1.11 bits per heavy atom. The van der Waals surface area contributed by atoms with Crippen molar-refractivity contribution in [1.82, 2.24) is 5.32 Å². The van der Waals surface area contributed by atoms with Gasteiger partial charge in [-0.2, -0.15) is 0 Å². The molecule has 1 rings (SSSR count). The number of rotatable bonds is 4. The van der Waals surface area contributed by atoms with E-state index in [2.05, 4.69) is 31.3 Å². The Hall–Kier alpha value is -1.35. The van der Waals surface area contributed by atoms with Crippen molar-refractivity contribution in [2.45, 2.75) is 46.7 Å². The molecule has 0 aliphatic carbocycles. The molecule has 0 aromatic heterocycles. The van der Waals surface area contributed by atoms with E-state index in [4.69, 9.17) is 4.74 Å². The molecule has 0 amide bonds. The van der Waals surface area contributed by atoms with E-state index in [-0.39, 0.29) is 12.0 Å². The Balaban J connectivity index is 3.20. The highest BCUT2D eigenvalue weighted by atomic mass is 16.5. The fourth-order valence-corrected chi connectivity index (χ4v) is 2.03. The van der Waals surface area contributed by atoms with Crippen molar-refractivity contribution in [1.29, 1.82) is 0 Å². The molecule has 0 heterocycles. The molecule has 0 aliphatic rings. The van der Waals surface area contributed by atoms with Gasteiger partial charge in [-0.25, -0.2) is 4.79 Å². The van der Waals surface area contributed by atoms with Crippen LogP contribution >= 0.6 is 0 Å². The van der Waals surface area contributed by atoms with Gasteiger partial charge >= 0.3 is 5.97 Å². The SMILES string of the molecule is COC(=O)C(NC(C)C)c1cc(C)c(C)cc1C. The van der Waals surface area contributed by atoms with Crippen LogP contribution in [0.1, 0.15) is 42.1 Å². The van der Waals surface area contributed by atoms with Gasteiger partial charge in [0.1, 0.15) is 6.04 Å². The number of nitrogens with one attached hydrogen (secondary N) is 1. The Morgan fingerprint density at radius 3 is 2.17 bits per heavy atom. The van der Waals surface area contributed by atoms with Gasteiger partial charge in [-0.1, -0.05) is 12.1 Å². The molecule has 18 heavy (non-hydrogen) atoms. The molecule has 1 atom stereocenters. The summed E-state index contributed by atoms with van der Waals surface area (Å²) in [6.45, 7) is 10.2. The Morgan fingerprint density at radius 2 is 1.67 bits per heavy atom. The van der Waals surface area contributed by atoms with Gasteiger partial charge in [0, 0.05) is 6.04 Å². The molecule has 0 fully saturated rings. The molecule has 1 aromatic carbocycles. The smallest absolute Gasteiger partial charge is 0.327 e. The zero-order valence-electron chi connectivity index (χ0n) is 12.1. The summed E-state index contributed by atoms with van der Waals surface area (Å²) in [6, 6.07) is 4.01. The molecule has 1 aromatic rings. The molecule has 0 spiro atoms. The number of carbonyl (C=O) groups is 1. The predicted octanol–water partition coefficient (Wildman–Crippen LogP) is 2.82. The van der Waals surface area contributed by atoms with Crippen LogP contribution in [0.4, 0.5) is 0 Å². The van der Waals surface area contributed by atoms with E-state index in [1.165, 1.54) is 18.2 Å². The first-order valence-electron chi connectivity index (χ1n) is 6.28. The second-order valence-electron chi connectivity index (χ2n) is 5.07. The summed E-state index contributed by atoms with van der Waals surface area (Å²) in [5.41, 5.74) is 4.54. The molecule has 0 saturated carbocycles.